The largest absolute Gasteiger partial charge is 0.491 e. The van der Waals surface area contributed by atoms with E-state index in [1.54, 1.807) is 38.2 Å². The first-order chi connectivity index (χ1) is 9.06. The molecule has 2 aliphatic rings. The maximum atomic E-state index is 11.8. The summed E-state index contributed by atoms with van der Waals surface area (Å²) in [5.41, 5.74) is 4.09. The minimum Gasteiger partial charge on any atom is -0.491 e. The predicted molar refractivity (Wildman–Crippen MR) is 69.9 cm³/mol. The lowest BCUT2D eigenvalue weighted by Gasteiger charge is -2.13. The van der Waals surface area contributed by atoms with Crippen LogP contribution in [0, 0.1) is 0 Å². The molecule has 0 aromatic heterocycles. The number of nitrogens with zero attached hydrogens (tertiary/aromatic N) is 3. The molecule has 98 valence electrons. The summed E-state index contributed by atoms with van der Waals surface area (Å²) in [6, 6.07) is 0. The van der Waals surface area contributed by atoms with Gasteiger partial charge in [0.05, 0.1) is 11.4 Å². The quantitative estimate of drug-likeness (QED) is 0.616. The van der Waals surface area contributed by atoms with Crippen LogP contribution in [-0.4, -0.2) is 16.7 Å². The third kappa shape index (κ3) is 3.15. The molecule has 7 nitrogen and oxygen atoms in total. The van der Waals surface area contributed by atoms with E-state index in [0.29, 0.717) is 17.1 Å². The molecule has 0 aromatic rings. The van der Waals surface area contributed by atoms with Gasteiger partial charge in [-0.25, -0.2) is 5.43 Å². The molecule has 7 heteroatoms. The third-order valence-corrected chi connectivity index (χ3v) is 2.33. The van der Waals surface area contributed by atoms with Crippen LogP contribution in [0.4, 0.5) is 0 Å². The van der Waals surface area contributed by atoms with Gasteiger partial charge in [0.2, 0.25) is 0 Å². The molecule has 2 rings (SSSR count). The second kappa shape index (κ2) is 5.30. The van der Waals surface area contributed by atoms with E-state index in [9.17, 15) is 9.90 Å². The summed E-state index contributed by atoms with van der Waals surface area (Å²) in [4.78, 5) is 11.8. The summed E-state index contributed by atoms with van der Waals surface area (Å²) >= 11 is 0. The Labute approximate surface area is 109 Å². The standard InChI is InChI=1S/C12H13N5O2/c1-7-6-8(2)15-17-12(19)10-5-3-4-9(13-10)11(18)16-14-7/h3-6,13H,1-2H3,(H,16,18)(H,17,19). The van der Waals surface area contributed by atoms with Crippen molar-refractivity contribution in [1.29, 1.82) is 0 Å². The van der Waals surface area contributed by atoms with Crippen LogP contribution in [0.3, 0.4) is 0 Å². The number of dihydropyridines is 1. The van der Waals surface area contributed by atoms with Crippen LogP contribution in [0.25, 0.3) is 0 Å². The Balaban J connectivity index is 2.45. The number of amides is 1. The molecule has 0 aliphatic carbocycles. The zero-order valence-electron chi connectivity index (χ0n) is 10.5. The normalized spacial score (nSPS) is 19.5. The van der Waals surface area contributed by atoms with E-state index in [2.05, 4.69) is 26.1 Å². The number of hydrogen-bond acceptors (Lipinski definition) is 6. The Morgan fingerprint density at radius 3 is 2.84 bits per heavy atom. The number of fused-ring (bicyclic) bond motifs is 2. The summed E-state index contributed by atoms with van der Waals surface area (Å²) in [6.07, 6.45) is 6.42. The molecule has 0 saturated heterocycles. The summed E-state index contributed by atoms with van der Waals surface area (Å²) in [6.45, 7) is 3.43. The van der Waals surface area contributed by atoms with E-state index in [1.807, 2.05) is 0 Å². The molecule has 19 heavy (non-hydrogen) atoms. The van der Waals surface area contributed by atoms with Gasteiger partial charge in [-0.05, 0) is 32.1 Å². The van der Waals surface area contributed by atoms with Crippen LogP contribution in [0.15, 0.2) is 62.6 Å². The Bertz CT molecular complexity index is 593. The summed E-state index contributed by atoms with van der Waals surface area (Å²) in [5, 5.41) is 24.0. The summed E-state index contributed by atoms with van der Waals surface area (Å²) < 4.78 is 0. The van der Waals surface area contributed by atoms with Crippen LogP contribution < -0.4 is 10.7 Å². The molecule has 0 unspecified atom stereocenters. The van der Waals surface area contributed by atoms with E-state index in [1.165, 1.54) is 0 Å². The SMILES string of the molecule is CC1=CC(C)=NNC(=O)C2=CC=CC(=C(O)N=N1)N2. The molecule has 2 heterocycles. The van der Waals surface area contributed by atoms with Gasteiger partial charge < -0.3 is 10.4 Å². The molecule has 0 saturated carbocycles. The smallest absolute Gasteiger partial charge is 0.287 e. The highest BCUT2D eigenvalue weighted by Crippen LogP contribution is 2.12. The number of nitrogens with one attached hydrogen (secondary N) is 2. The number of aliphatic hydroxyl groups excluding tert-OH is 1. The Morgan fingerprint density at radius 1 is 1.26 bits per heavy atom. The van der Waals surface area contributed by atoms with Gasteiger partial charge in [-0.15, -0.1) is 5.11 Å². The van der Waals surface area contributed by atoms with Crippen molar-refractivity contribution >= 4 is 11.6 Å². The molecule has 0 atom stereocenters. The number of azo groups is 1. The van der Waals surface area contributed by atoms with Crippen LogP contribution in [-0.2, 0) is 4.79 Å². The Morgan fingerprint density at radius 2 is 2.05 bits per heavy atom. The second-order valence-electron chi connectivity index (χ2n) is 3.98. The summed E-state index contributed by atoms with van der Waals surface area (Å²) in [7, 11) is 0. The maximum absolute atomic E-state index is 11.8. The van der Waals surface area contributed by atoms with Crippen molar-refractivity contribution in [3.8, 4) is 0 Å². The number of rotatable bonds is 0. The van der Waals surface area contributed by atoms with E-state index in [4.69, 9.17) is 0 Å². The maximum Gasteiger partial charge on any atom is 0.287 e. The van der Waals surface area contributed by atoms with Gasteiger partial charge in [0.25, 0.3) is 11.8 Å². The average Bonchev–Trinajstić information content (AvgIpc) is 2.41. The van der Waals surface area contributed by atoms with E-state index in [0.717, 1.165) is 0 Å². The fraction of sp³-hybridized carbons (Fsp3) is 0.167. The predicted octanol–water partition coefficient (Wildman–Crippen LogP) is 1.62. The fourth-order valence-electron chi connectivity index (χ4n) is 1.47. The van der Waals surface area contributed by atoms with Gasteiger partial charge in [-0.1, -0.05) is 6.08 Å². The summed E-state index contributed by atoms with van der Waals surface area (Å²) in [5.74, 6) is -0.699. The third-order valence-electron chi connectivity index (χ3n) is 2.33. The highest BCUT2D eigenvalue weighted by Gasteiger charge is 2.14. The van der Waals surface area contributed by atoms with Crippen LogP contribution in [0.1, 0.15) is 13.8 Å². The zero-order chi connectivity index (χ0) is 13.8. The lowest BCUT2D eigenvalue weighted by atomic mass is 10.2. The van der Waals surface area contributed by atoms with Gasteiger partial charge >= 0.3 is 0 Å². The van der Waals surface area contributed by atoms with E-state index >= 15 is 0 Å². The highest BCUT2D eigenvalue weighted by molar-refractivity contribution is 5.97. The number of hydrazone groups is 1. The van der Waals surface area contributed by atoms with Crippen molar-refractivity contribution in [2.24, 2.45) is 15.3 Å². The fourth-order valence-corrected chi connectivity index (χ4v) is 1.47. The molecule has 0 fully saturated rings. The number of allylic oxidation sites excluding steroid dienone is 5. The molecule has 1 amide bonds. The van der Waals surface area contributed by atoms with Gasteiger partial charge in [-0.2, -0.15) is 10.2 Å². The van der Waals surface area contributed by atoms with Gasteiger partial charge in [0, 0.05) is 0 Å². The van der Waals surface area contributed by atoms with E-state index < -0.39 is 5.91 Å². The average molecular weight is 259 g/mol. The van der Waals surface area contributed by atoms with Crippen LogP contribution in [0.2, 0.25) is 0 Å². The minimum absolute atomic E-state index is 0.261. The molecule has 0 aromatic carbocycles. The zero-order valence-corrected chi connectivity index (χ0v) is 10.5. The first-order valence-electron chi connectivity index (χ1n) is 5.59. The van der Waals surface area contributed by atoms with Crippen molar-refractivity contribution in [2.45, 2.75) is 13.8 Å². The molecular formula is C12H13N5O2. The number of aliphatic hydroxyl groups is 1. The molecule has 2 aliphatic heterocycles. The molecule has 2 bridgehead atoms. The monoisotopic (exact) mass is 259 g/mol. The lowest BCUT2D eigenvalue weighted by Crippen LogP contribution is -2.30. The topological polar surface area (TPSA) is 98.4 Å². The first kappa shape index (κ1) is 12.7. The molecule has 0 radical (unpaired) electrons. The highest BCUT2D eigenvalue weighted by atomic mass is 16.3. The van der Waals surface area contributed by atoms with Gasteiger partial charge in [0.15, 0.2) is 0 Å². The van der Waals surface area contributed by atoms with Gasteiger partial charge in [-0.3, -0.25) is 4.79 Å². The van der Waals surface area contributed by atoms with E-state index in [-0.39, 0.29) is 11.6 Å². The molecular weight excluding hydrogens is 246 g/mol. The van der Waals surface area contributed by atoms with Crippen LogP contribution in [0.5, 0.6) is 0 Å². The van der Waals surface area contributed by atoms with Gasteiger partial charge in [0.1, 0.15) is 11.4 Å². The Kier molecular flexibility index (Phi) is 3.56. The van der Waals surface area contributed by atoms with Crippen LogP contribution >= 0.6 is 0 Å². The lowest BCUT2D eigenvalue weighted by molar-refractivity contribution is -0.117. The number of carbonyl (C=O) groups excluding carboxylic acids is 1. The van der Waals surface area contributed by atoms with Crippen molar-refractivity contribution in [2.75, 3.05) is 0 Å². The minimum atomic E-state index is -0.405. The van der Waals surface area contributed by atoms with Crippen molar-refractivity contribution in [3.63, 3.8) is 0 Å². The molecule has 3 N–H and O–H groups in total. The number of hydrogen-bond donors (Lipinski definition) is 3. The number of carbonyl (C=O) groups is 1. The van der Waals surface area contributed by atoms with Crippen molar-refractivity contribution in [1.82, 2.24) is 10.7 Å². The Hall–Kier alpha value is -2.70. The first-order valence-corrected chi connectivity index (χ1v) is 5.59. The molecule has 0 spiro atoms. The van der Waals surface area contributed by atoms with Crippen molar-refractivity contribution < 1.29 is 9.90 Å². The van der Waals surface area contributed by atoms with Crippen molar-refractivity contribution in [3.05, 3.63) is 47.3 Å². The second-order valence-corrected chi connectivity index (χ2v) is 3.98.